The van der Waals surface area contributed by atoms with Gasteiger partial charge in [0.25, 0.3) is 0 Å². The van der Waals surface area contributed by atoms with Gasteiger partial charge in [-0.25, -0.2) is 4.98 Å². The topological polar surface area (TPSA) is 12.9 Å². The van der Waals surface area contributed by atoms with E-state index in [1.165, 1.54) is 17.8 Å². The summed E-state index contributed by atoms with van der Waals surface area (Å²) in [6.45, 7) is 5.90. The fourth-order valence-electron chi connectivity index (χ4n) is 1.78. The quantitative estimate of drug-likeness (QED) is 0.616. The summed E-state index contributed by atoms with van der Waals surface area (Å²) in [5.41, 5.74) is -0.854. The van der Waals surface area contributed by atoms with Crippen LogP contribution in [0.4, 0.5) is 13.2 Å². The molecule has 0 unspecified atom stereocenters. The molecule has 0 saturated heterocycles. The standard InChI is InChI=1S/C14H13ClF3NS/c1-13(2,3)20-11-7-10(15)8-5-4-6-9(12(8)19-11)14(16,17)18/h4-7H,1-3H3. The second-order valence-electron chi connectivity index (χ2n) is 5.36. The molecule has 2 aromatic rings. The van der Waals surface area contributed by atoms with Crippen molar-refractivity contribution < 1.29 is 13.2 Å². The Bertz CT molecular complexity index is 647. The molecule has 1 heterocycles. The van der Waals surface area contributed by atoms with E-state index in [0.717, 1.165) is 6.07 Å². The Kier molecular flexibility index (Phi) is 3.95. The molecular weight excluding hydrogens is 307 g/mol. The zero-order valence-corrected chi connectivity index (χ0v) is 12.7. The van der Waals surface area contributed by atoms with Crippen molar-refractivity contribution in [3.05, 3.63) is 34.9 Å². The van der Waals surface area contributed by atoms with E-state index in [-0.39, 0.29) is 15.3 Å². The number of halogens is 4. The largest absolute Gasteiger partial charge is 0.418 e. The van der Waals surface area contributed by atoms with Crippen LogP contribution in [0.2, 0.25) is 5.02 Å². The van der Waals surface area contributed by atoms with E-state index in [1.54, 1.807) is 12.1 Å². The number of rotatable bonds is 1. The van der Waals surface area contributed by atoms with E-state index >= 15 is 0 Å². The third-order valence-electron chi connectivity index (χ3n) is 2.48. The molecule has 0 saturated carbocycles. The molecule has 108 valence electrons. The Morgan fingerprint density at radius 3 is 2.35 bits per heavy atom. The van der Waals surface area contributed by atoms with Gasteiger partial charge in [-0.1, -0.05) is 44.5 Å². The molecular formula is C14H13ClF3NS. The molecule has 0 radical (unpaired) electrons. The highest BCUT2D eigenvalue weighted by molar-refractivity contribution is 8.00. The van der Waals surface area contributed by atoms with Crippen molar-refractivity contribution in [1.29, 1.82) is 0 Å². The van der Waals surface area contributed by atoms with Crippen molar-refractivity contribution >= 4 is 34.3 Å². The fourth-order valence-corrected chi connectivity index (χ4v) is 3.04. The van der Waals surface area contributed by atoms with E-state index in [0.29, 0.717) is 10.4 Å². The molecule has 20 heavy (non-hydrogen) atoms. The summed E-state index contributed by atoms with van der Waals surface area (Å²) in [4.78, 5) is 4.15. The minimum absolute atomic E-state index is 0.0979. The van der Waals surface area contributed by atoms with Crippen LogP contribution in [0.25, 0.3) is 10.9 Å². The fraction of sp³-hybridized carbons (Fsp3) is 0.357. The molecule has 1 nitrogen and oxygen atoms in total. The van der Waals surface area contributed by atoms with E-state index in [4.69, 9.17) is 11.6 Å². The van der Waals surface area contributed by atoms with Crippen LogP contribution in [0, 0.1) is 0 Å². The van der Waals surface area contributed by atoms with Crippen molar-refractivity contribution in [3.8, 4) is 0 Å². The lowest BCUT2D eigenvalue weighted by atomic mass is 10.1. The summed E-state index contributed by atoms with van der Waals surface area (Å²) >= 11 is 7.48. The number of benzene rings is 1. The Hall–Kier alpha value is -0.940. The van der Waals surface area contributed by atoms with Crippen LogP contribution in [0.15, 0.2) is 29.3 Å². The Morgan fingerprint density at radius 2 is 1.80 bits per heavy atom. The number of para-hydroxylation sites is 1. The zero-order valence-electron chi connectivity index (χ0n) is 11.2. The van der Waals surface area contributed by atoms with E-state index < -0.39 is 11.7 Å². The number of pyridine rings is 1. The maximum atomic E-state index is 13.0. The van der Waals surface area contributed by atoms with Gasteiger partial charge in [0.2, 0.25) is 0 Å². The first-order valence-corrected chi connectivity index (χ1v) is 7.13. The molecule has 6 heteroatoms. The highest BCUT2D eigenvalue weighted by atomic mass is 35.5. The summed E-state index contributed by atoms with van der Waals surface area (Å²) in [6, 6.07) is 5.53. The van der Waals surface area contributed by atoms with Crippen molar-refractivity contribution in [2.45, 2.75) is 36.7 Å². The average Bonchev–Trinajstić information content (AvgIpc) is 2.24. The molecule has 0 N–H and O–H groups in total. The minimum atomic E-state index is -4.44. The number of thioether (sulfide) groups is 1. The summed E-state index contributed by atoms with van der Waals surface area (Å²) in [7, 11) is 0. The average molecular weight is 320 g/mol. The minimum Gasteiger partial charge on any atom is -0.241 e. The summed E-state index contributed by atoms with van der Waals surface area (Å²) < 4.78 is 38.9. The second kappa shape index (κ2) is 5.11. The molecule has 0 amide bonds. The van der Waals surface area contributed by atoms with Gasteiger partial charge in [0, 0.05) is 10.1 Å². The Morgan fingerprint density at radius 1 is 1.15 bits per heavy atom. The molecule has 0 aliphatic carbocycles. The monoisotopic (exact) mass is 319 g/mol. The van der Waals surface area contributed by atoms with Gasteiger partial charge in [0.05, 0.1) is 21.1 Å². The van der Waals surface area contributed by atoms with Gasteiger partial charge in [-0.05, 0) is 12.1 Å². The summed E-state index contributed by atoms with van der Waals surface area (Å²) in [5, 5.41) is 1.10. The first kappa shape index (κ1) is 15.4. The molecule has 1 aromatic heterocycles. The normalized spacial score (nSPS) is 12.9. The van der Waals surface area contributed by atoms with Crippen LogP contribution in [-0.2, 0) is 6.18 Å². The summed E-state index contributed by atoms with van der Waals surface area (Å²) in [6.07, 6.45) is -4.44. The molecule has 0 aliphatic heterocycles. The van der Waals surface area contributed by atoms with E-state index in [9.17, 15) is 13.2 Å². The van der Waals surface area contributed by atoms with Gasteiger partial charge in [0.1, 0.15) is 0 Å². The second-order valence-corrected chi connectivity index (χ2v) is 7.61. The molecule has 0 atom stereocenters. The smallest absolute Gasteiger partial charge is 0.241 e. The lowest BCUT2D eigenvalue weighted by Crippen LogP contribution is -2.09. The molecule has 0 bridgehead atoms. The molecule has 2 rings (SSSR count). The Balaban J connectivity index is 2.68. The van der Waals surface area contributed by atoms with Gasteiger partial charge in [-0.3, -0.25) is 0 Å². The van der Waals surface area contributed by atoms with Crippen LogP contribution >= 0.6 is 23.4 Å². The van der Waals surface area contributed by atoms with Gasteiger partial charge >= 0.3 is 6.18 Å². The highest BCUT2D eigenvalue weighted by Gasteiger charge is 2.33. The van der Waals surface area contributed by atoms with Crippen molar-refractivity contribution in [2.75, 3.05) is 0 Å². The number of alkyl halides is 3. The van der Waals surface area contributed by atoms with Crippen molar-refractivity contribution in [3.63, 3.8) is 0 Å². The predicted octanol–water partition coefficient (Wildman–Crippen LogP) is 5.80. The number of hydrogen-bond donors (Lipinski definition) is 0. The number of aromatic nitrogens is 1. The number of nitrogens with zero attached hydrogens (tertiary/aromatic N) is 1. The van der Waals surface area contributed by atoms with Crippen LogP contribution in [0.1, 0.15) is 26.3 Å². The predicted molar refractivity (Wildman–Crippen MR) is 77.4 cm³/mol. The van der Waals surface area contributed by atoms with Gasteiger partial charge in [0.15, 0.2) is 0 Å². The molecule has 1 aromatic carbocycles. The lowest BCUT2D eigenvalue weighted by molar-refractivity contribution is -0.136. The maximum Gasteiger partial charge on any atom is 0.418 e. The molecule has 0 aliphatic rings. The maximum absolute atomic E-state index is 13.0. The highest BCUT2D eigenvalue weighted by Crippen LogP contribution is 2.39. The SMILES string of the molecule is CC(C)(C)Sc1cc(Cl)c2cccc(C(F)(F)F)c2n1. The summed E-state index contributed by atoms with van der Waals surface area (Å²) in [5.74, 6) is 0. The Labute approximate surface area is 124 Å². The third-order valence-corrected chi connectivity index (χ3v) is 3.83. The van der Waals surface area contributed by atoms with Crippen LogP contribution in [0.3, 0.4) is 0 Å². The van der Waals surface area contributed by atoms with Crippen LogP contribution in [0.5, 0.6) is 0 Å². The van der Waals surface area contributed by atoms with E-state index in [1.807, 2.05) is 20.8 Å². The van der Waals surface area contributed by atoms with Gasteiger partial charge in [-0.15, -0.1) is 11.8 Å². The van der Waals surface area contributed by atoms with Crippen LogP contribution in [-0.4, -0.2) is 9.73 Å². The molecule has 0 fully saturated rings. The number of fused-ring (bicyclic) bond motifs is 1. The first-order chi connectivity index (χ1) is 9.08. The first-order valence-electron chi connectivity index (χ1n) is 5.93. The molecule has 0 spiro atoms. The third kappa shape index (κ3) is 3.38. The van der Waals surface area contributed by atoms with E-state index in [2.05, 4.69) is 4.98 Å². The lowest BCUT2D eigenvalue weighted by Gasteiger charge is -2.18. The van der Waals surface area contributed by atoms with Gasteiger partial charge in [-0.2, -0.15) is 13.2 Å². The zero-order chi connectivity index (χ0) is 15.1. The van der Waals surface area contributed by atoms with Gasteiger partial charge < -0.3 is 0 Å². The number of hydrogen-bond acceptors (Lipinski definition) is 2. The van der Waals surface area contributed by atoms with Crippen LogP contribution < -0.4 is 0 Å². The van der Waals surface area contributed by atoms with Crippen molar-refractivity contribution in [1.82, 2.24) is 4.98 Å². The van der Waals surface area contributed by atoms with Crippen molar-refractivity contribution in [2.24, 2.45) is 0 Å².